The van der Waals surface area contributed by atoms with Crippen molar-refractivity contribution < 1.29 is 29.3 Å². The van der Waals surface area contributed by atoms with Crippen molar-refractivity contribution >= 4 is 19.3 Å². The van der Waals surface area contributed by atoms with Crippen molar-refractivity contribution in [1.82, 2.24) is 0 Å². The first-order valence-corrected chi connectivity index (χ1v) is 11.0. The van der Waals surface area contributed by atoms with Gasteiger partial charge in [0.05, 0.1) is 12.3 Å². The maximum Gasteiger partial charge on any atom is 0.320 e. The van der Waals surface area contributed by atoms with Gasteiger partial charge in [-0.1, -0.05) is 48.5 Å². The summed E-state index contributed by atoms with van der Waals surface area (Å²) in [5, 5.41) is 18.0. The van der Waals surface area contributed by atoms with Crippen LogP contribution in [0.2, 0.25) is 0 Å². The fourth-order valence-corrected chi connectivity index (χ4v) is 4.85. The molecule has 0 spiro atoms. The zero-order valence-corrected chi connectivity index (χ0v) is 16.7. The maximum atomic E-state index is 13.0. The maximum absolute atomic E-state index is 13.0. The first-order chi connectivity index (χ1) is 13.6. The van der Waals surface area contributed by atoms with E-state index in [1.165, 1.54) is 0 Å². The molecule has 0 aromatic heterocycles. The number of hydrogen-bond donors (Lipinski definition) is 5. The minimum atomic E-state index is -3.70. The van der Waals surface area contributed by atoms with Crippen LogP contribution in [0.15, 0.2) is 48.5 Å². The van der Waals surface area contributed by atoms with Gasteiger partial charge in [-0.25, -0.2) is 0 Å². The van der Waals surface area contributed by atoms with Crippen molar-refractivity contribution in [2.45, 2.75) is 37.2 Å². The van der Waals surface area contributed by atoms with Gasteiger partial charge in [0, 0.05) is 0 Å². The number of nitrogens with two attached hydrogens (primary N) is 2. The second-order valence-electron chi connectivity index (χ2n) is 7.00. The molecular weight excluding hydrogens is 395 g/mol. The number of carbonyl (C=O) groups is 2. The molecule has 29 heavy (non-hydrogen) atoms. The summed E-state index contributed by atoms with van der Waals surface area (Å²) in [7, 11) is -3.70. The third kappa shape index (κ3) is 6.80. The van der Waals surface area contributed by atoms with Crippen LogP contribution < -0.4 is 11.5 Å². The highest BCUT2D eigenvalue weighted by atomic mass is 31.2. The van der Waals surface area contributed by atoms with Crippen LogP contribution in [0.1, 0.15) is 22.3 Å². The van der Waals surface area contributed by atoms with E-state index >= 15 is 0 Å². The highest BCUT2D eigenvalue weighted by Crippen LogP contribution is 2.49. The van der Waals surface area contributed by atoms with Crippen molar-refractivity contribution in [3.8, 4) is 0 Å². The van der Waals surface area contributed by atoms with Crippen LogP contribution in [0.4, 0.5) is 0 Å². The second-order valence-corrected chi connectivity index (χ2v) is 9.32. The minimum Gasteiger partial charge on any atom is -0.480 e. The monoisotopic (exact) mass is 420 g/mol. The molecule has 0 saturated heterocycles. The van der Waals surface area contributed by atoms with E-state index < -0.39 is 31.4 Å². The van der Waals surface area contributed by atoms with E-state index in [0.717, 1.165) is 0 Å². The van der Waals surface area contributed by atoms with Gasteiger partial charge in [0.25, 0.3) is 0 Å². The van der Waals surface area contributed by atoms with Crippen molar-refractivity contribution in [3.05, 3.63) is 70.8 Å². The van der Waals surface area contributed by atoms with E-state index in [4.69, 9.17) is 21.7 Å². The Balaban J connectivity index is 2.21. The number of carboxylic acids is 2. The SMILES string of the molecule is N[C@@H](Cc1ccccc1CP(=O)(O)Cc1ccccc1C[C@H](N)C(=O)O)C(=O)O. The van der Waals surface area contributed by atoms with Gasteiger partial charge in [-0.2, -0.15) is 0 Å². The predicted molar refractivity (Wildman–Crippen MR) is 109 cm³/mol. The van der Waals surface area contributed by atoms with Gasteiger partial charge >= 0.3 is 11.9 Å². The highest BCUT2D eigenvalue weighted by Gasteiger charge is 2.24. The lowest BCUT2D eigenvalue weighted by Gasteiger charge is -2.18. The van der Waals surface area contributed by atoms with Crippen LogP contribution in [0, 0.1) is 0 Å². The van der Waals surface area contributed by atoms with E-state index in [-0.39, 0.29) is 25.2 Å². The Labute approximate surface area is 168 Å². The molecule has 8 nitrogen and oxygen atoms in total. The van der Waals surface area contributed by atoms with Crippen molar-refractivity contribution in [1.29, 1.82) is 0 Å². The molecule has 2 rings (SSSR count). The Morgan fingerprint density at radius 2 is 1.07 bits per heavy atom. The van der Waals surface area contributed by atoms with E-state index in [2.05, 4.69) is 0 Å². The second kappa shape index (κ2) is 9.80. The van der Waals surface area contributed by atoms with Crippen LogP contribution >= 0.6 is 7.37 Å². The molecule has 9 heteroatoms. The van der Waals surface area contributed by atoms with E-state index in [9.17, 15) is 19.0 Å². The van der Waals surface area contributed by atoms with Crippen LogP contribution in [0.25, 0.3) is 0 Å². The summed E-state index contributed by atoms with van der Waals surface area (Å²) >= 11 is 0. The molecule has 0 fully saturated rings. The van der Waals surface area contributed by atoms with Gasteiger partial charge in [0.15, 0.2) is 0 Å². The molecule has 0 amide bonds. The number of benzene rings is 2. The standard InChI is InChI=1S/C20H25N2O6P/c21-17(19(23)24)9-13-5-1-3-7-15(13)11-29(27,28)12-16-8-4-2-6-14(16)10-18(22)20(25)26/h1-8,17-18H,9-12,21-22H2,(H,23,24)(H,25,26)(H,27,28)/t17-,18-/m0/s1. The molecule has 7 N–H and O–H groups in total. The first kappa shape index (κ1) is 22.8. The zero-order valence-electron chi connectivity index (χ0n) is 15.8. The van der Waals surface area contributed by atoms with Crippen molar-refractivity contribution in [2.75, 3.05) is 0 Å². The molecule has 0 aliphatic heterocycles. The Bertz CT molecular complexity index is 861. The van der Waals surface area contributed by atoms with Crippen molar-refractivity contribution in [2.24, 2.45) is 11.5 Å². The molecular formula is C20H25N2O6P. The quantitative estimate of drug-likeness (QED) is 0.361. The first-order valence-electron chi connectivity index (χ1n) is 9.00. The molecule has 0 saturated carbocycles. The fraction of sp³-hybridized carbons (Fsp3) is 0.300. The molecule has 0 heterocycles. The van der Waals surface area contributed by atoms with Gasteiger partial charge < -0.3 is 26.6 Å². The zero-order chi connectivity index (χ0) is 21.6. The molecule has 0 radical (unpaired) electrons. The van der Waals surface area contributed by atoms with Gasteiger partial charge in [0.2, 0.25) is 7.37 Å². The van der Waals surface area contributed by atoms with Crippen LogP contribution in [-0.2, 0) is 39.3 Å². The van der Waals surface area contributed by atoms with E-state index in [1.807, 2.05) is 0 Å². The molecule has 2 atom stereocenters. The summed E-state index contributed by atoms with van der Waals surface area (Å²) in [4.78, 5) is 32.7. The lowest BCUT2D eigenvalue weighted by molar-refractivity contribution is -0.139. The number of hydrogen-bond acceptors (Lipinski definition) is 5. The van der Waals surface area contributed by atoms with Gasteiger partial charge in [-0.05, 0) is 35.1 Å². The molecule has 2 aromatic rings. The third-order valence-corrected chi connectivity index (χ3v) is 6.26. The molecule has 156 valence electrons. The summed E-state index contributed by atoms with van der Waals surface area (Å²) in [6.07, 6.45) is -0.186. The third-order valence-electron chi connectivity index (χ3n) is 4.59. The largest absolute Gasteiger partial charge is 0.480 e. The number of carboxylic acid groups (broad SMARTS) is 2. The van der Waals surface area contributed by atoms with Crippen LogP contribution in [0.3, 0.4) is 0 Å². The minimum absolute atomic E-state index is 0.0511. The lowest BCUT2D eigenvalue weighted by Crippen LogP contribution is -2.32. The number of aliphatic carboxylic acids is 2. The molecule has 0 bridgehead atoms. The molecule has 0 aliphatic carbocycles. The summed E-state index contributed by atoms with van der Waals surface area (Å²) in [6.45, 7) is 0. The lowest BCUT2D eigenvalue weighted by atomic mass is 10.0. The summed E-state index contributed by atoms with van der Waals surface area (Å²) in [5.74, 6) is -2.29. The topological polar surface area (TPSA) is 164 Å². The van der Waals surface area contributed by atoms with Gasteiger partial charge in [-0.15, -0.1) is 0 Å². The molecule has 0 aliphatic rings. The Kier molecular flexibility index (Phi) is 7.70. The Morgan fingerprint density at radius 1 is 0.759 bits per heavy atom. The van der Waals surface area contributed by atoms with Crippen LogP contribution in [0.5, 0.6) is 0 Å². The average Bonchev–Trinajstić information content (AvgIpc) is 2.64. The highest BCUT2D eigenvalue weighted by molar-refractivity contribution is 7.56. The average molecular weight is 420 g/mol. The van der Waals surface area contributed by atoms with Gasteiger partial charge in [0.1, 0.15) is 12.1 Å². The van der Waals surface area contributed by atoms with Crippen LogP contribution in [-0.4, -0.2) is 39.1 Å². The Hall–Kier alpha value is -2.51. The predicted octanol–water partition coefficient (Wildman–Crippen LogP) is 1.57. The number of rotatable bonds is 10. The summed E-state index contributed by atoms with van der Waals surface area (Å²) < 4.78 is 13.0. The smallest absolute Gasteiger partial charge is 0.320 e. The van der Waals surface area contributed by atoms with Crippen molar-refractivity contribution in [3.63, 3.8) is 0 Å². The Morgan fingerprint density at radius 3 is 1.38 bits per heavy atom. The fourth-order valence-electron chi connectivity index (χ4n) is 3.06. The molecule has 2 aromatic carbocycles. The van der Waals surface area contributed by atoms with E-state index in [0.29, 0.717) is 22.3 Å². The van der Waals surface area contributed by atoms with Gasteiger partial charge in [-0.3, -0.25) is 14.2 Å². The summed E-state index contributed by atoms with van der Waals surface area (Å²) in [6, 6.07) is 11.4. The van der Waals surface area contributed by atoms with E-state index in [1.54, 1.807) is 48.5 Å². The molecule has 0 unspecified atom stereocenters. The normalized spacial score (nSPS) is 13.6. The summed E-state index contributed by atoms with van der Waals surface area (Å²) in [5.41, 5.74) is 13.6.